The standard InChI is InChI=1S/C22H23F4N3O4S.H3O4P/c1-20(2,16-5-4-13(23)8-15(16)19(27)30)11-21(31,22(24,25)26)9-14-6-12-7-18(34(3,32)33)28-10-17(12)29-14;1-5(2,3)4/h4-8,10,29,31H,9,11H2,1-3H3,(H2,27,30);(H3,1,2,3,4)/t21-;/m0./s1. The molecule has 0 radical (unpaired) electrons. The third kappa shape index (κ3) is 8.55. The van der Waals surface area contributed by atoms with Gasteiger partial charge in [-0.25, -0.2) is 22.4 Å². The highest BCUT2D eigenvalue weighted by molar-refractivity contribution is 7.90. The number of nitrogens with two attached hydrogens (primary N) is 1. The SMILES string of the molecule is CC(C)(C[C@@](O)(Cc1cc2cc(S(C)(=O)=O)ncc2[nH]1)C(F)(F)F)c1ccc(F)cc1C(N)=O.O=P(O)(O)O. The van der Waals surface area contributed by atoms with Crippen molar-refractivity contribution in [2.75, 3.05) is 6.26 Å². The van der Waals surface area contributed by atoms with Crippen LogP contribution in [0.5, 0.6) is 0 Å². The number of pyridine rings is 1. The van der Waals surface area contributed by atoms with Gasteiger partial charge in [-0.05, 0) is 41.7 Å². The number of benzene rings is 1. The highest BCUT2D eigenvalue weighted by Crippen LogP contribution is 2.44. The number of aromatic nitrogens is 2. The second-order valence-electron chi connectivity index (χ2n) is 9.51. The topological polar surface area (TPSA) is 204 Å². The van der Waals surface area contributed by atoms with Gasteiger partial charge in [-0.3, -0.25) is 4.79 Å². The fourth-order valence-electron chi connectivity index (χ4n) is 4.08. The molecule has 1 aromatic carbocycles. The van der Waals surface area contributed by atoms with Gasteiger partial charge in [0.15, 0.2) is 20.5 Å². The quantitative estimate of drug-likeness (QED) is 0.174. The van der Waals surface area contributed by atoms with E-state index in [4.69, 9.17) is 25.0 Å². The Bertz CT molecular complexity index is 1530. The lowest BCUT2D eigenvalue weighted by Gasteiger charge is -2.38. The molecular weight excluding hydrogens is 573 g/mol. The first-order valence-electron chi connectivity index (χ1n) is 10.8. The van der Waals surface area contributed by atoms with E-state index < -0.39 is 59.4 Å². The minimum atomic E-state index is -5.08. The summed E-state index contributed by atoms with van der Waals surface area (Å²) in [5.41, 5.74) is 0.659. The van der Waals surface area contributed by atoms with E-state index >= 15 is 0 Å². The van der Waals surface area contributed by atoms with Crippen LogP contribution < -0.4 is 5.73 Å². The van der Waals surface area contributed by atoms with Crippen LogP contribution in [0, 0.1) is 5.82 Å². The molecule has 0 saturated carbocycles. The highest BCUT2D eigenvalue weighted by atomic mass is 32.2. The molecule has 3 aromatic rings. The zero-order chi connectivity index (χ0) is 30.2. The third-order valence-corrected chi connectivity index (χ3v) is 6.62. The molecule has 0 spiro atoms. The minimum absolute atomic E-state index is 0.00712. The van der Waals surface area contributed by atoms with E-state index in [1.807, 2.05) is 0 Å². The number of primary amides is 1. The predicted octanol–water partition coefficient (Wildman–Crippen LogP) is 2.48. The first kappa shape index (κ1) is 32.3. The van der Waals surface area contributed by atoms with E-state index in [2.05, 4.69) is 9.97 Å². The lowest BCUT2D eigenvalue weighted by atomic mass is 9.72. The highest BCUT2D eigenvalue weighted by Gasteiger charge is 2.56. The molecule has 0 bridgehead atoms. The Morgan fingerprint density at radius 1 is 1.13 bits per heavy atom. The molecule has 39 heavy (non-hydrogen) atoms. The molecule has 216 valence electrons. The number of halogens is 4. The number of nitrogens with zero attached hydrogens (tertiary/aromatic N) is 1. The minimum Gasteiger partial charge on any atom is -0.380 e. The molecule has 7 N–H and O–H groups in total. The Hall–Kier alpha value is -2.88. The van der Waals surface area contributed by atoms with Crippen LogP contribution in [-0.2, 0) is 26.2 Å². The van der Waals surface area contributed by atoms with Crippen LogP contribution in [0.3, 0.4) is 0 Å². The number of H-pyrrole nitrogens is 1. The second kappa shape index (κ2) is 10.9. The maximum atomic E-state index is 14.1. The largest absolute Gasteiger partial charge is 0.466 e. The number of hydrogen-bond donors (Lipinski definition) is 6. The summed E-state index contributed by atoms with van der Waals surface area (Å²) in [6.07, 6.45) is -4.71. The molecule has 17 heteroatoms. The lowest BCUT2D eigenvalue weighted by molar-refractivity contribution is -0.266. The van der Waals surface area contributed by atoms with Crippen LogP contribution in [0.2, 0.25) is 0 Å². The third-order valence-electron chi connectivity index (χ3n) is 5.64. The molecule has 0 aliphatic carbocycles. The average molecular weight is 599 g/mol. The first-order valence-corrected chi connectivity index (χ1v) is 14.2. The summed E-state index contributed by atoms with van der Waals surface area (Å²) >= 11 is 0. The number of hydrogen-bond acceptors (Lipinski definition) is 6. The van der Waals surface area contributed by atoms with Crippen molar-refractivity contribution >= 4 is 34.5 Å². The van der Waals surface area contributed by atoms with Gasteiger partial charge in [0.2, 0.25) is 5.91 Å². The fourth-order valence-corrected chi connectivity index (χ4v) is 4.67. The number of rotatable bonds is 7. The van der Waals surface area contributed by atoms with Crippen molar-refractivity contribution in [1.29, 1.82) is 0 Å². The summed E-state index contributed by atoms with van der Waals surface area (Å²) in [7, 11) is -8.27. The normalized spacial score (nSPS) is 14.4. The van der Waals surface area contributed by atoms with Crippen molar-refractivity contribution < 1.29 is 55.1 Å². The summed E-state index contributed by atoms with van der Waals surface area (Å²) < 4.78 is 88.3. The average Bonchev–Trinajstić information content (AvgIpc) is 3.11. The van der Waals surface area contributed by atoms with Crippen molar-refractivity contribution in [3.05, 3.63) is 59.2 Å². The molecule has 11 nitrogen and oxygen atoms in total. The Labute approximate surface area is 219 Å². The van der Waals surface area contributed by atoms with Gasteiger partial charge >= 0.3 is 14.0 Å². The van der Waals surface area contributed by atoms with Crippen LogP contribution in [0.25, 0.3) is 10.9 Å². The van der Waals surface area contributed by atoms with Crippen molar-refractivity contribution in [3.8, 4) is 0 Å². The van der Waals surface area contributed by atoms with Crippen molar-refractivity contribution in [2.45, 2.75) is 48.9 Å². The van der Waals surface area contributed by atoms with Crippen molar-refractivity contribution in [2.24, 2.45) is 5.73 Å². The van der Waals surface area contributed by atoms with Crippen LogP contribution >= 0.6 is 7.82 Å². The van der Waals surface area contributed by atoms with Crippen molar-refractivity contribution in [1.82, 2.24) is 9.97 Å². The zero-order valence-corrected chi connectivity index (χ0v) is 22.4. The Morgan fingerprint density at radius 2 is 1.69 bits per heavy atom. The molecule has 0 aliphatic heterocycles. The number of phosphoric acid groups is 1. The summed E-state index contributed by atoms with van der Waals surface area (Å²) in [5, 5.41) is 10.9. The fraction of sp³-hybridized carbons (Fsp3) is 0.364. The molecule has 1 amide bonds. The lowest BCUT2D eigenvalue weighted by Crippen LogP contribution is -2.51. The predicted molar refractivity (Wildman–Crippen MR) is 131 cm³/mol. The number of carbonyl (C=O) groups excluding carboxylic acids is 1. The number of aromatic amines is 1. The van der Waals surface area contributed by atoms with E-state index in [1.165, 1.54) is 38.2 Å². The van der Waals surface area contributed by atoms with E-state index in [1.54, 1.807) is 0 Å². The number of sulfone groups is 1. The monoisotopic (exact) mass is 599 g/mol. The molecule has 3 rings (SSSR count). The second-order valence-corrected chi connectivity index (χ2v) is 12.5. The van der Waals surface area contributed by atoms with E-state index in [-0.39, 0.29) is 21.8 Å². The smallest absolute Gasteiger partial charge is 0.380 e. The van der Waals surface area contributed by atoms with Gasteiger partial charge in [0.1, 0.15) is 5.82 Å². The molecule has 1 atom stereocenters. The molecule has 2 heterocycles. The van der Waals surface area contributed by atoms with E-state index in [9.17, 15) is 35.9 Å². The summed E-state index contributed by atoms with van der Waals surface area (Å²) in [4.78, 5) is 39.9. The van der Waals surface area contributed by atoms with Gasteiger partial charge < -0.3 is 30.5 Å². The molecular formula is C22H26F4N3O8PS. The van der Waals surface area contributed by atoms with Gasteiger partial charge in [0.05, 0.1) is 11.7 Å². The van der Waals surface area contributed by atoms with Crippen LogP contribution in [0.4, 0.5) is 17.6 Å². The van der Waals surface area contributed by atoms with E-state index in [0.29, 0.717) is 10.9 Å². The Balaban J connectivity index is 0.000000976. The molecule has 0 fully saturated rings. The zero-order valence-electron chi connectivity index (χ0n) is 20.7. The number of amides is 1. The molecule has 0 unspecified atom stereocenters. The van der Waals surface area contributed by atoms with Crippen LogP contribution in [0.1, 0.15) is 41.9 Å². The number of fused-ring (bicyclic) bond motifs is 1. The van der Waals surface area contributed by atoms with Gasteiger partial charge in [-0.2, -0.15) is 13.2 Å². The van der Waals surface area contributed by atoms with Gasteiger partial charge in [0.25, 0.3) is 0 Å². The molecule has 2 aromatic heterocycles. The number of alkyl halides is 3. The maximum Gasteiger partial charge on any atom is 0.466 e. The number of nitrogens with one attached hydrogen (secondary N) is 1. The summed E-state index contributed by atoms with van der Waals surface area (Å²) in [6, 6.07) is 5.55. The molecule has 0 saturated heterocycles. The summed E-state index contributed by atoms with van der Waals surface area (Å²) in [6.45, 7) is 2.77. The Kier molecular flexibility index (Phi) is 9.07. The van der Waals surface area contributed by atoms with Gasteiger partial charge in [-0.15, -0.1) is 0 Å². The number of aliphatic hydroxyl groups is 1. The maximum absolute atomic E-state index is 14.1. The van der Waals surface area contributed by atoms with Gasteiger partial charge in [-0.1, -0.05) is 19.9 Å². The van der Waals surface area contributed by atoms with Gasteiger partial charge in [0, 0.05) is 29.3 Å². The van der Waals surface area contributed by atoms with Crippen LogP contribution in [-0.4, -0.2) is 62.1 Å². The number of carbonyl (C=O) groups is 1. The van der Waals surface area contributed by atoms with Crippen LogP contribution in [0.15, 0.2) is 41.6 Å². The molecule has 0 aliphatic rings. The van der Waals surface area contributed by atoms with Crippen molar-refractivity contribution in [3.63, 3.8) is 0 Å². The van der Waals surface area contributed by atoms with E-state index in [0.717, 1.165) is 18.4 Å². The summed E-state index contributed by atoms with van der Waals surface area (Å²) in [5.74, 6) is -1.79. The first-order chi connectivity index (χ1) is 17.4. The Morgan fingerprint density at radius 3 is 2.18 bits per heavy atom.